The monoisotopic (exact) mass is 266 g/mol. The van der Waals surface area contributed by atoms with Crippen LogP contribution in [0.5, 0.6) is 0 Å². The maximum absolute atomic E-state index is 5.47. The largest absolute Gasteiger partial charge is 0.325 e. The summed E-state index contributed by atoms with van der Waals surface area (Å²) in [6.45, 7) is 5.08. The van der Waals surface area contributed by atoms with Crippen molar-refractivity contribution in [3.05, 3.63) is 28.0 Å². The van der Waals surface area contributed by atoms with Gasteiger partial charge in [-0.15, -0.1) is 16.4 Å². The molecule has 0 aliphatic rings. The molecule has 18 heavy (non-hydrogen) atoms. The fraction of sp³-hybridized carbons (Fsp3) is 0.545. The van der Waals surface area contributed by atoms with Crippen LogP contribution in [0.2, 0.25) is 0 Å². The number of thiazole rings is 1. The number of aromatic nitrogens is 4. The molecular formula is C11H18N6S. The minimum absolute atomic E-state index is 0.441. The van der Waals surface area contributed by atoms with Crippen molar-refractivity contribution < 1.29 is 0 Å². The standard InChI is InChI=1S/C11H18N6S/c1-9-14-10(8-18-9)2-3-13-4-5-17-7-11(6-12)15-16-17/h7-8,13H,2-6,12H2,1H3. The molecule has 0 saturated carbocycles. The average molecular weight is 266 g/mol. The molecule has 2 aromatic heterocycles. The number of rotatable bonds is 7. The lowest BCUT2D eigenvalue weighted by atomic mass is 10.3. The van der Waals surface area contributed by atoms with Gasteiger partial charge in [0.2, 0.25) is 0 Å². The molecule has 2 rings (SSSR count). The van der Waals surface area contributed by atoms with Crippen molar-refractivity contribution in [3.63, 3.8) is 0 Å². The van der Waals surface area contributed by atoms with Crippen LogP contribution in [-0.4, -0.2) is 33.1 Å². The smallest absolute Gasteiger partial charge is 0.0962 e. The van der Waals surface area contributed by atoms with Crippen LogP contribution >= 0.6 is 11.3 Å². The van der Waals surface area contributed by atoms with Crippen LogP contribution in [0.3, 0.4) is 0 Å². The van der Waals surface area contributed by atoms with Crippen LogP contribution in [0.4, 0.5) is 0 Å². The van der Waals surface area contributed by atoms with Crippen LogP contribution in [0, 0.1) is 6.92 Å². The van der Waals surface area contributed by atoms with Crippen molar-refractivity contribution in [3.8, 4) is 0 Å². The van der Waals surface area contributed by atoms with E-state index < -0.39 is 0 Å². The second-order valence-corrected chi connectivity index (χ2v) is 5.10. The van der Waals surface area contributed by atoms with E-state index in [0.29, 0.717) is 6.54 Å². The van der Waals surface area contributed by atoms with Gasteiger partial charge in [0.25, 0.3) is 0 Å². The fourth-order valence-corrected chi connectivity index (χ4v) is 2.25. The van der Waals surface area contributed by atoms with Crippen molar-refractivity contribution >= 4 is 11.3 Å². The predicted molar refractivity (Wildman–Crippen MR) is 71.3 cm³/mol. The molecule has 2 aromatic rings. The lowest BCUT2D eigenvalue weighted by Gasteiger charge is -2.02. The third-order valence-electron chi connectivity index (χ3n) is 2.54. The summed E-state index contributed by atoms with van der Waals surface area (Å²) in [5, 5.41) is 14.5. The van der Waals surface area contributed by atoms with Gasteiger partial charge in [-0.05, 0) is 6.92 Å². The first-order valence-corrected chi connectivity index (χ1v) is 6.86. The summed E-state index contributed by atoms with van der Waals surface area (Å²) in [5.41, 5.74) is 7.46. The van der Waals surface area contributed by atoms with E-state index >= 15 is 0 Å². The molecule has 0 aromatic carbocycles. The first-order chi connectivity index (χ1) is 8.78. The van der Waals surface area contributed by atoms with E-state index in [1.165, 1.54) is 0 Å². The zero-order chi connectivity index (χ0) is 12.8. The lowest BCUT2D eigenvalue weighted by Crippen LogP contribution is -2.22. The molecule has 0 radical (unpaired) electrons. The molecule has 0 spiro atoms. The van der Waals surface area contributed by atoms with Crippen LogP contribution < -0.4 is 11.1 Å². The van der Waals surface area contributed by atoms with E-state index in [1.807, 2.05) is 17.8 Å². The normalized spacial score (nSPS) is 11.0. The Balaban J connectivity index is 1.61. The van der Waals surface area contributed by atoms with Gasteiger partial charge in [0.05, 0.1) is 22.9 Å². The summed E-state index contributed by atoms with van der Waals surface area (Å²) >= 11 is 1.70. The molecule has 0 amide bonds. The van der Waals surface area contributed by atoms with Crippen molar-refractivity contribution in [2.75, 3.05) is 13.1 Å². The van der Waals surface area contributed by atoms with E-state index in [-0.39, 0.29) is 0 Å². The highest BCUT2D eigenvalue weighted by atomic mass is 32.1. The van der Waals surface area contributed by atoms with Crippen molar-refractivity contribution in [2.45, 2.75) is 26.4 Å². The first kappa shape index (κ1) is 13.1. The predicted octanol–water partition coefficient (Wildman–Crippen LogP) is 0.334. The van der Waals surface area contributed by atoms with E-state index in [9.17, 15) is 0 Å². The number of hydrogen-bond acceptors (Lipinski definition) is 6. The Morgan fingerprint density at radius 3 is 2.94 bits per heavy atom. The van der Waals surface area contributed by atoms with E-state index in [0.717, 1.165) is 42.5 Å². The Hall–Kier alpha value is -1.31. The van der Waals surface area contributed by atoms with Gasteiger partial charge < -0.3 is 11.1 Å². The average Bonchev–Trinajstić information content (AvgIpc) is 2.98. The third-order valence-corrected chi connectivity index (χ3v) is 3.36. The summed E-state index contributed by atoms with van der Waals surface area (Å²) < 4.78 is 1.81. The number of hydrogen-bond donors (Lipinski definition) is 2. The minimum atomic E-state index is 0.441. The highest BCUT2D eigenvalue weighted by molar-refractivity contribution is 7.09. The Bertz CT molecular complexity index is 477. The molecule has 7 heteroatoms. The quantitative estimate of drug-likeness (QED) is 0.706. The molecule has 6 nitrogen and oxygen atoms in total. The zero-order valence-corrected chi connectivity index (χ0v) is 11.3. The fourth-order valence-electron chi connectivity index (χ4n) is 1.60. The molecule has 0 atom stereocenters. The van der Waals surface area contributed by atoms with Crippen LogP contribution in [0.15, 0.2) is 11.6 Å². The van der Waals surface area contributed by atoms with Gasteiger partial charge in [-0.2, -0.15) is 0 Å². The topological polar surface area (TPSA) is 81.7 Å². The molecule has 2 heterocycles. The summed E-state index contributed by atoms with van der Waals surface area (Å²) in [4.78, 5) is 4.42. The maximum Gasteiger partial charge on any atom is 0.0962 e. The van der Waals surface area contributed by atoms with Crippen molar-refractivity contribution in [1.82, 2.24) is 25.3 Å². The molecule has 0 unspecified atom stereocenters. The molecule has 0 aliphatic carbocycles. The maximum atomic E-state index is 5.47. The van der Waals surface area contributed by atoms with Gasteiger partial charge in [0, 0.05) is 37.6 Å². The molecule has 98 valence electrons. The summed E-state index contributed by atoms with van der Waals surface area (Å²) in [7, 11) is 0. The van der Waals surface area contributed by atoms with E-state index in [1.54, 1.807) is 11.3 Å². The Morgan fingerprint density at radius 2 is 2.28 bits per heavy atom. The SMILES string of the molecule is Cc1nc(CCNCCn2cc(CN)nn2)cs1. The van der Waals surface area contributed by atoms with E-state index in [2.05, 4.69) is 26.0 Å². The van der Waals surface area contributed by atoms with Gasteiger partial charge in [-0.25, -0.2) is 4.98 Å². The zero-order valence-electron chi connectivity index (χ0n) is 10.5. The van der Waals surface area contributed by atoms with Crippen LogP contribution in [0.1, 0.15) is 16.4 Å². The van der Waals surface area contributed by atoms with Gasteiger partial charge in [-0.1, -0.05) is 5.21 Å². The van der Waals surface area contributed by atoms with Gasteiger partial charge in [0.1, 0.15) is 0 Å². The second-order valence-electron chi connectivity index (χ2n) is 4.03. The first-order valence-electron chi connectivity index (χ1n) is 5.98. The molecule has 0 saturated heterocycles. The summed E-state index contributed by atoms with van der Waals surface area (Å²) in [6.07, 6.45) is 2.85. The van der Waals surface area contributed by atoms with Gasteiger partial charge >= 0.3 is 0 Å². The minimum Gasteiger partial charge on any atom is -0.325 e. The highest BCUT2D eigenvalue weighted by Gasteiger charge is 1.99. The Labute approximate surface area is 110 Å². The van der Waals surface area contributed by atoms with Crippen molar-refractivity contribution in [2.24, 2.45) is 5.73 Å². The third kappa shape index (κ3) is 3.86. The Kier molecular flexibility index (Phi) is 4.80. The highest BCUT2D eigenvalue weighted by Crippen LogP contribution is 2.07. The number of nitrogens with one attached hydrogen (secondary N) is 1. The van der Waals surface area contributed by atoms with Crippen LogP contribution in [0.25, 0.3) is 0 Å². The molecule has 0 aliphatic heterocycles. The molecule has 0 bridgehead atoms. The number of nitrogens with zero attached hydrogens (tertiary/aromatic N) is 4. The molecule has 3 N–H and O–H groups in total. The van der Waals surface area contributed by atoms with Crippen LogP contribution in [-0.2, 0) is 19.5 Å². The number of aryl methyl sites for hydroxylation is 1. The molecular weight excluding hydrogens is 248 g/mol. The molecule has 0 fully saturated rings. The van der Waals surface area contributed by atoms with E-state index in [4.69, 9.17) is 5.73 Å². The van der Waals surface area contributed by atoms with Gasteiger partial charge in [0.15, 0.2) is 0 Å². The Morgan fingerprint density at radius 1 is 1.39 bits per heavy atom. The van der Waals surface area contributed by atoms with Crippen molar-refractivity contribution in [1.29, 1.82) is 0 Å². The lowest BCUT2D eigenvalue weighted by molar-refractivity contribution is 0.541. The van der Waals surface area contributed by atoms with Gasteiger partial charge in [-0.3, -0.25) is 4.68 Å². The second kappa shape index (κ2) is 6.58. The number of nitrogens with two attached hydrogens (primary N) is 1. The summed E-state index contributed by atoms with van der Waals surface area (Å²) in [5.74, 6) is 0. The summed E-state index contributed by atoms with van der Waals surface area (Å²) in [6, 6.07) is 0.